The molecule has 0 aromatic carbocycles. The molecule has 3 aromatic rings. The van der Waals surface area contributed by atoms with Crippen LogP contribution < -0.4 is 5.32 Å². The Morgan fingerprint density at radius 2 is 2.04 bits per heavy atom. The summed E-state index contributed by atoms with van der Waals surface area (Å²) < 4.78 is 3.60. The molecule has 2 N–H and O–H groups in total. The fraction of sp³-hybridized carbons (Fsp3) is 0.375. The van der Waals surface area contributed by atoms with Crippen molar-refractivity contribution in [3.63, 3.8) is 0 Å². The lowest BCUT2D eigenvalue weighted by atomic mass is 10.1. The first kappa shape index (κ1) is 14.8. The average Bonchev–Trinajstić information content (AvgIpc) is 3.29. The first-order valence-corrected chi connectivity index (χ1v) is 7.95. The molecule has 1 aliphatic rings. The van der Waals surface area contributed by atoms with E-state index in [4.69, 9.17) is 0 Å². The monoisotopic (exact) mass is 326 g/mol. The number of carbonyl (C=O) groups excluding carboxylic acids is 1. The smallest absolute Gasteiger partial charge is 0.274 e. The Hall–Kier alpha value is -2.74. The number of hydrogen-bond donors (Lipinski definition) is 2. The first-order chi connectivity index (χ1) is 11.7. The highest BCUT2D eigenvalue weighted by Gasteiger charge is 2.34. The third-order valence-electron chi connectivity index (χ3n) is 4.47. The van der Waals surface area contributed by atoms with Crippen LogP contribution in [0.25, 0.3) is 5.65 Å². The van der Waals surface area contributed by atoms with Crippen LogP contribution in [-0.2, 0) is 6.54 Å². The van der Waals surface area contributed by atoms with Gasteiger partial charge in [0.2, 0.25) is 0 Å². The third kappa shape index (κ3) is 2.76. The number of rotatable bonds is 4. The lowest BCUT2D eigenvalue weighted by Gasteiger charge is -2.16. The lowest BCUT2D eigenvalue weighted by molar-refractivity contribution is 0.0869. The Labute approximate surface area is 138 Å². The van der Waals surface area contributed by atoms with Crippen molar-refractivity contribution in [3.05, 3.63) is 48.9 Å². The number of carbonyl (C=O) groups is 1. The SMILES string of the molecule is O=C(N[C@@H]1CC(Cn2cccn2)C[C@H]1O)c1nccn2ccnc12. The molecule has 1 unspecified atom stereocenters. The minimum absolute atomic E-state index is 0.269. The number of imidazole rings is 1. The van der Waals surface area contributed by atoms with Gasteiger partial charge in [-0.15, -0.1) is 0 Å². The van der Waals surface area contributed by atoms with E-state index in [1.54, 1.807) is 35.4 Å². The topological polar surface area (TPSA) is 97.3 Å². The Bertz CT molecular complexity index is 843. The molecular formula is C16H18N6O2. The molecule has 0 bridgehead atoms. The number of amides is 1. The molecule has 1 fully saturated rings. The van der Waals surface area contributed by atoms with Crippen molar-refractivity contribution in [2.24, 2.45) is 5.92 Å². The molecular weight excluding hydrogens is 308 g/mol. The Morgan fingerprint density at radius 1 is 1.21 bits per heavy atom. The van der Waals surface area contributed by atoms with Gasteiger partial charge < -0.3 is 14.8 Å². The molecule has 3 atom stereocenters. The standard InChI is InChI=1S/C16H18N6O2/c23-13-9-11(10-22-5-1-2-19-22)8-12(13)20-16(24)14-15-18-4-7-21(15)6-3-17-14/h1-7,11-13,23H,8-10H2,(H,20,24)/t11?,12-,13-/m1/s1. The van der Waals surface area contributed by atoms with Gasteiger partial charge in [0.25, 0.3) is 5.91 Å². The molecule has 1 saturated carbocycles. The molecule has 3 heterocycles. The fourth-order valence-electron chi connectivity index (χ4n) is 3.35. The van der Waals surface area contributed by atoms with Gasteiger partial charge in [-0.2, -0.15) is 5.10 Å². The summed E-state index contributed by atoms with van der Waals surface area (Å²) in [6, 6.07) is 1.59. The first-order valence-electron chi connectivity index (χ1n) is 7.95. The van der Waals surface area contributed by atoms with Crippen molar-refractivity contribution in [3.8, 4) is 0 Å². The average molecular weight is 326 g/mol. The zero-order valence-electron chi connectivity index (χ0n) is 13.0. The normalized spacial score (nSPS) is 23.6. The van der Waals surface area contributed by atoms with Gasteiger partial charge in [0, 0.05) is 43.7 Å². The molecule has 8 heteroatoms. The number of aliphatic hydroxyl groups excluding tert-OH is 1. The van der Waals surface area contributed by atoms with Crippen LogP contribution in [0, 0.1) is 5.92 Å². The summed E-state index contributed by atoms with van der Waals surface area (Å²) in [4.78, 5) is 20.8. The number of hydrogen-bond acceptors (Lipinski definition) is 5. The molecule has 24 heavy (non-hydrogen) atoms. The molecule has 8 nitrogen and oxygen atoms in total. The van der Waals surface area contributed by atoms with Crippen LogP contribution >= 0.6 is 0 Å². The van der Waals surface area contributed by atoms with Crippen molar-refractivity contribution in [2.45, 2.75) is 31.5 Å². The van der Waals surface area contributed by atoms with E-state index in [1.807, 2.05) is 16.9 Å². The van der Waals surface area contributed by atoms with Gasteiger partial charge in [-0.1, -0.05) is 0 Å². The highest BCUT2D eigenvalue weighted by atomic mass is 16.3. The maximum Gasteiger partial charge on any atom is 0.274 e. The number of fused-ring (bicyclic) bond motifs is 1. The number of aliphatic hydroxyl groups is 1. The highest BCUT2D eigenvalue weighted by Crippen LogP contribution is 2.27. The summed E-state index contributed by atoms with van der Waals surface area (Å²) in [6.45, 7) is 0.741. The largest absolute Gasteiger partial charge is 0.391 e. The summed E-state index contributed by atoms with van der Waals surface area (Å²) in [5.41, 5.74) is 0.779. The summed E-state index contributed by atoms with van der Waals surface area (Å²) in [7, 11) is 0. The van der Waals surface area contributed by atoms with Crippen LogP contribution in [0.4, 0.5) is 0 Å². The van der Waals surface area contributed by atoms with Crippen LogP contribution in [0.1, 0.15) is 23.3 Å². The molecule has 4 rings (SSSR count). The second-order valence-electron chi connectivity index (χ2n) is 6.15. The van der Waals surface area contributed by atoms with Gasteiger partial charge in [0.1, 0.15) is 0 Å². The predicted molar refractivity (Wildman–Crippen MR) is 85.2 cm³/mol. The van der Waals surface area contributed by atoms with Crippen molar-refractivity contribution in [1.29, 1.82) is 0 Å². The summed E-state index contributed by atoms with van der Waals surface area (Å²) >= 11 is 0. The number of nitrogens with one attached hydrogen (secondary N) is 1. The molecule has 3 aromatic heterocycles. The van der Waals surface area contributed by atoms with Crippen LogP contribution in [0.15, 0.2) is 43.2 Å². The summed E-state index contributed by atoms with van der Waals surface area (Å²) in [5.74, 6) is -0.0315. The van der Waals surface area contributed by atoms with Crippen molar-refractivity contribution >= 4 is 11.6 Å². The molecule has 1 amide bonds. The summed E-state index contributed by atoms with van der Waals surface area (Å²) in [6.07, 6.45) is 11.1. The predicted octanol–water partition coefficient (Wildman–Crippen LogP) is 0.495. The third-order valence-corrected chi connectivity index (χ3v) is 4.47. The van der Waals surface area contributed by atoms with E-state index in [1.165, 1.54) is 0 Å². The quantitative estimate of drug-likeness (QED) is 0.727. The fourth-order valence-corrected chi connectivity index (χ4v) is 3.35. The Kier molecular flexibility index (Phi) is 3.73. The molecule has 0 aliphatic heterocycles. The van der Waals surface area contributed by atoms with Crippen molar-refractivity contribution in [2.75, 3.05) is 0 Å². The molecule has 124 valence electrons. The molecule has 0 saturated heterocycles. The van der Waals surface area contributed by atoms with Crippen molar-refractivity contribution < 1.29 is 9.90 Å². The van der Waals surface area contributed by atoms with Gasteiger partial charge >= 0.3 is 0 Å². The second kappa shape index (κ2) is 6.04. The van der Waals surface area contributed by atoms with Crippen LogP contribution in [-0.4, -0.2) is 47.3 Å². The van der Waals surface area contributed by atoms with Crippen molar-refractivity contribution in [1.82, 2.24) is 29.5 Å². The van der Waals surface area contributed by atoms with E-state index >= 15 is 0 Å². The highest BCUT2D eigenvalue weighted by molar-refractivity contribution is 5.97. The van der Waals surface area contributed by atoms with Gasteiger partial charge in [-0.3, -0.25) is 9.48 Å². The zero-order valence-corrected chi connectivity index (χ0v) is 13.0. The molecule has 0 spiro atoms. The maximum atomic E-state index is 12.5. The zero-order chi connectivity index (χ0) is 16.5. The molecule has 0 radical (unpaired) electrons. The minimum atomic E-state index is -0.561. The van der Waals surface area contributed by atoms with Gasteiger partial charge in [-0.25, -0.2) is 9.97 Å². The van der Waals surface area contributed by atoms with E-state index in [0.29, 0.717) is 18.5 Å². The van der Waals surface area contributed by atoms with E-state index in [-0.39, 0.29) is 23.6 Å². The number of nitrogens with zero attached hydrogens (tertiary/aromatic N) is 5. The maximum absolute atomic E-state index is 12.5. The minimum Gasteiger partial charge on any atom is -0.391 e. The Morgan fingerprint density at radius 3 is 2.83 bits per heavy atom. The summed E-state index contributed by atoms with van der Waals surface area (Å²) in [5, 5.41) is 17.4. The van der Waals surface area contributed by atoms with E-state index in [9.17, 15) is 9.90 Å². The van der Waals surface area contributed by atoms with Gasteiger partial charge in [0.05, 0.1) is 12.1 Å². The lowest BCUT2D eigenvalue weighted by Crippen LogP contribution is -2.40. The number of aromatic nitrogens is 5. The van der Waals surface area contributed by atoms with Crippen LogP contribution in [0.3, 0.4) is 0 Å². The van der Waals surface area contributed by atoms with E-state index in [2.05, 4.69) is 20.4 Å². The second-order valence-corrected chi connectivity index (χ2v) is 6.15. The Balaban J connectivity index is 1.45. The van der Waals surface area contributed by atoms with E-state index < -0.39 is 6.10 Å². The van der Waals surface area contributed by atoms with E-state index in [0.717, 1.165) is 6.54 Å². The van der Waals surface area contributed by atoms with Gasteiger partial charge in [-0.05, 0) is 24.8 Å². The van der Waals surface area contributed by atoms with Gasteiger partial charge in [0.15, 0.2) is 11.3 Å². The van der Waals surface area contributed by atoms with Crippen LogP contribution in [0.5, 0.6) is 0 Å². The molecule has 1 aliphatic carbocycles. The van der Waals surface area contributed by atoms with Crippen LogP contribution in [0.2, 0.25) is 0 Å².